The molecule has 0 fully saturated rings. The Balaban J connectivity index is 2.34. The van der Waals surface area contributed by atoms with Crippen molar-refractivity contribution in [2.24, 2.45) is 0 Å². The zero-order valence-electron chi connectivity index (χ0n) is 16.4. The van der Waals surface area contributed by atoms with Gasteiger partial charge in [0, 0.05) is 12.2 Å². The van der Waals surface area contributed by atoms with Crippen molar-refractivity contribution in [3.63, 3.8) is 0 Å². The molecule has 0 atom stereocenters. The van der Waals surface area contributed by atoms with Gasteiger partial charge in [-0.15, -0.1) is 0 Å². The standard InChI is InChI=1S/C21H27NO4/c1-7-22(17-10-14(2)8-9-15(17)3)20(23)13-16-11-18(24-4)21(26-6)19(12-16)25-5/h8-12H,7,13H2,1-6H3. The Morgan fingerprint density at radius 1 is 0.962 bits per heavy atom. The van der Waals surface area contributed by atoms with Gasteiger partial charge in [-0.3, -0.25) is 4.79 Å². The SMILES string of the molecule is CCN(C(=O)Cc1cc(OC)c(OC)c(OC)c1)c1cc(C)ccc1C. The van der Waals surface area contributed by atoms with E-state index in [-0.39, 0.29) is 12.3 Å². The molecule has 0 saturated heterocycles. The van der Waals surface area contributed by atoms with Crippen LogP contribution in [0.3, 0.4) is 0 Å². The number of amides is 1. The number of methoxy groups -OCH3 is 3. The summed E-state index contributed by atoms with van der Waals surface area (Å²) in [4.78, 5) is 14.8. The van der Waals surface area contributed by atoms with E-state index in [1.54, 1.807) is 21.3 Å². The monoisotopic (exact) mass is 357 g/mol. The molecule has 0 radical (unpaired) electrons. The van der Waals surface area contributed by atoms with Crippen LogP contribution in [-0.4, -0.2) is 33.8 Å². The van der Waals surface area contributed by atoms with Gasteiger partial charge in [0.1, 0.15) is 0 Å². The van der Waals surface area contributed by atoms with Crippen molar-refractivity contribution < 1.29 is 19.0 Å². The summed E-state index contributed by atoms with van der Waals surface area (Å²) in [5.74, 6) is 1.64. The van der Waals surface area contributed by atoms with Crippen LogP contribution in [0.15, 0.2) is 30.3 Å². The molecule has 5 heteroatoms. The maximum Gasteiger partial charge on any atom is 0.231 e. The second kappa shape index (κ2) is 8.61. The topological polar surface area (TPSA) is 48.0 Å². The smallest absolute Gasteiger partial charge is 0.231 e. The van der Waals surface area contributed by atoms with Gasteiger partial charge in [0.2, 0.25) is 11.7 Å². The van der Waals surface area contributed by atoms with E-state index in [4.69, 9.17) is 14.2 Å². The van der Waals surface area contributed by atoms with Crippen LogP contribution in [0.1, 0.15) is 23.6 Å². The minimum absolute atomic E-state index is 0.0236. The highest BCUT2D eigenvalue weighted by Crippen LogP contribution is 2.38. The Morgan fingerprint density at radius 2 is 1.58 bits per heavy atom. The fraction of sp³-hybridized carbons (Fsp3) is 0.381. The van der Waals surface area contributed by atoms with Gasteiger partial charge in [-0.1, -0.05) is 12.1 Å². The van der Waals surface area contributed by atoms with Gasteiger partial charge in [0.05, 0.1) is 27.8 Å². The molecule has 140 valence electrons. The Bertz CT molecular complexity index is 761. The number of ether oxygens (including phenoxy) is 3. The molecule has 0 N–H and O–H groups in total. The highest BCUT2D eigenvalue weighted by Gasteiger charge is 2.19. The number of carbonyl (C=O) groups is 1. The summed E-state index contributed by atoms with van der Waals surface area (Å²) >= 11 is 0. The first-order valence-corrected chi connectivity index (χ1v) is 8.61. The van der Waals surface area contributed by atoms with E-state index in [2.05, 4.69) is 6.07 Å². The molecule has 2 aromatic rings. The van der Waals surface area contributed by atoms with Crippen molar-refractivity contribution in [1.29, 1.82) is 0 Å². The average Bonchev–Trinajstić information content (AvgIpc) is 2.64. The summed E-state index contributed by atoms with van der Waals surface area (Å²) in [6.07, 6.45) is 0.248. The maximum absolute atomic E-state index is 13.0. The van der Waals surface area contributed by atoms with E-state index in [0.29, 0.717) is 23.8 Å². The maximum atomic E-state index is 13.0. The molecule has 0 spiro atoms. The van der Waals surface area contributed by atoms with Crippen molar-refractivity contribution in [1.82, 2.24) is 0 Å². The molecule has 0 bridgehead atoms. The number of carbonyl (C=O) groups excluding carboxylic acids is 1. The molecule has 0 aliphatic rings. The van der Waals surface area contributed by atoms with Crippen LogP contribution in [0.2, 0.25) is 0 Å². The van der Waals surface area contributed by atoms with E-state index >= 15 is 0 Å². The van der Waals surface area contributed by atoms with E-state index in [9.17, 15) is 4.79 Å². The summed E-state index contributed by atoms with van der Waals surface area (Å²) in [5, 5.41) is 0. The second-order valence-electron chi connectivity index (χ2n) is 6.14. The molecule has 1 amide bonds. The number of anilines is 1. The fourth-order valence-corrected chi connectivity index (χ4v) is 3.00. The number of aryl methyl sites for hydroxylation is 2. The molecule has 5 nitrogen and oxygen atoms in total. The predicted molar refractivity (Wildman–Crippen MR) is 104 cm³/mol. The van der Waals surface area contributed by atoms with E-state index in [0.717, 1.165) is 22.4 Å². The first kappa shape index (κ1) is 19.6. The first-order chi connectivity index (χ1) is 12.4. The molecular weight excluding hydrogens is 330 g/mol. The highest BCUT2D eigenvalue weighted by atomic mass is 16.5. The van der Waals surface area contributed by atoms with Gasteiger partial charge in [-0.25, -0.2) is 0 Å². The summed E-state index contributed by atoms with van der Waals surface area (Å²) < 4.78 is 16.1. The van der Waals surface area contributed by atoms with Gasteiger partial charge in [-0.2, -0.15) is 0 Å². The van der Waals surface area contributed by atoms with Gasteiger partial charge >= 0.3 is 0 Å². The molecule has 2 rings (SSSR count). The minimum Gasteiger partial charge on any atom is -0.493 e. The highest BCUT2D eigenvalue weighted by molar-refractivity contribution is 5.95. The van der Waals surface area contributed by atoms with Crippen molar-refractivity contribution in [3.05, 3.63) is 47.0 Å². The molecule has 0 unspecified atom stereocenters. The summed E-state index contributed by atoms with van der Waals surface area (Å²) in [5.41, 5.74) is 3.97. The van der Waals surface area contributed by atoms with Gasteiger partial charge < -0.3 is 19.1 Å². The van der Waals surface area contributed by atoms with Crippen LogP contribution < -0.4 is 19.1 Å². The van der Waals surface area contributed by atoms with Gasteiger partial charge in [0.15, 0.2) is 11.5 Å². The summed E-state index contributed by atoms with van der Waals surface area (Å²) in [7, 11) is 4.69. The van der Waals surface area contributed by atoms with Gasteiger partial charge in [0.25, 0.3) is 0 Å². The van der Waals surface area contributed by atoms with Crippen LogP contribution >= 0.6 is 0 Å². The molecule has 0 aliphatic heterocycles. The largest absolute Gasteiger partial charge is 0.493 e. The Hall–Kier alpha value is -2.69. The van der Waals surface area contributed by atoms with Crippen molar-refractivity contribution >= 4 is 11.6 Å². The van der Waals surface area contributed by atoms with Crippen molar-refractivity contribution in [2.45, 2.75) is 27.2 Å². The molecule has 0 aromatic heterocycles. The number of benzene rings is 2. The third-order valence-electron chi connectivity index (χ3n) is 4.35. The molecule has 0 aliphatic carbocycles. The van der Waals surface area contributed by atoms with Crippen LogP contribution in [0.4, 0.5) is 5.69 Å². The molecule has 0 saturated carbocycles. The van der Waals surface area contributed by atoms with Gasteiger partial charge in [-0.05, 0) is 55.7 Å². The quantitative estimate of drug-likeness (QED) is 0.753. The zero-order chi connectivity index (χ0) is 19.3. The number of hydrogen-bond donors (Lipinski definition) is 0. The number of likely N-dealkylation sites (N-methyl/N-ethyl adjacent to an activating group) is 1. The average molecular weight is 357 g/mol. The lowest BCUT2D eigenvalue weighted by molar-refractivity contribution is -0.117. The van der Waals surface area contributed by atoms with Crippen LogP contribution in [0.25, 0.3) is 0 Å². The predicted octanol–water partition coefficient (Wildman–Crippen LogP) is 3.92. The van der Waals surface area contributed by atoms with Crippen molar-refractivity contribution in [3.8, 4) is 17.2 Å². The van der Waals surface area contributed by atoms with Crippen LogP contribution in [0.5, 0.6) is 17.2 Å². The van der Waals surface area contributed by atoms with Crippen molar-refractivity contribution in [2.75, 3.05) is 32.8 Å². The summed E-state index contributed by atoms with van der Waals surface area (Å²) in [6, 6.07) is 9.77. The van der Waals surface area contributed by atoms with Crippen LogP contribution in [0, 0.1) is 13.8 Å². The number of rotatable bonds is 7. The van der Waals surface area contributed by atoms with E-state index in [1.165, 1.54) is 0 Å². The molecular formula is C21H27NO4. The van der Waals surface area contributed by atoms with E-state index in [1.807, 2.05) is 49.9 Å². The third kappa shape index (κ3) is 4.10. The normalized spacial score (nSPS) is 10.4. The molecule has 2 aromatic carbocycles. The zero-order valence-corrected chi connectivity index (χ0v) is 16.4. The number of hydrogen-bond acceptors (Lipinski definition) is 4. The lowest BCUT2D eigenvalue weighted by Crippen LogP contribution is -2.32. The molecule has 26 heavy (non-hydrogen) atoms. The summed E-state index contributed by atoms with van der Waals surface area (Å²) in [6.45, 7) is 6.63. The second-order valence-corrected chi connectivity index (χ2v) is 6.14. The van der Waals surface area contributed by atoms with Crippen LogP contribution in [-0.2, 0) is 11.2 Å². The Kier molecular flexibility index (Phi) is 6.50. The number of nitrogens with zero attached hydrogens (tertiary/aromatic N) is 1. The minimum atomic E-state index is 0.0236. The Labute approximate surface area is 155 Å². The van der Waals surface area contributed by atoms with E-state index < -0.39 is 0 Å². The lowest BCUT2D eigenvalue weighted by Gasteiger charge is -2.24. The third-order valence-corrected chi connectivity index (χ3v) is 4.35. The fourth-order valence-electron chi connectivity index (χ4n) is 3.00. The molecule has 0 heterocycles. The lowest BCUT2D eigenvalue weighted by atomic mass is 10.1. The Morgan fingerprint density at radius 3 is 2.08 bits per heavy atom. The first-order valence-electron chi connectivity index (χ1n) is 8.61.